The predicted molar refractivity (Wildman–Crippen MR) is 116 cm³/mol. The Kier molecular flexibility index (Phi) is 7.87. The second-order valence-electron chi connectivity index (χ2n) is 7.25. The Hall–Kier alpha value is -1.96. The number of halogens is 4. The van der Waals surface area contributed by atoms with Gasteiger partial charge < -0.3 is 14.4 Å². The van der Waals surface area contributed by atoms with Crippen LogP contribution in [-0.2, 0) is 31.5 Å². The van der Waals surface area contributed by atoms with Crippen LogP contribution in [0.2, 0.25) is 5.02 Å². The molecule has 2 atom stereocenters. The lowest BCUT2D eigenvalue weighted by Crippen LogP contribution is -2.26. The number of rotatable bonds is 8. The maximum absolute atomic E-state index is 13.2. The van der Waals surface area contributed by atoms with Gasteiger partial charge in [-0.15, -0.1) is 0 Å². The quantitative estimate of drug-likeness (QED) is 0.382. The normalized spacial score (nSPS) is 17.9. The average molecular weight is 528 g/mol. The van der Waals surface area contributed by atoms with Crippen molar-refractivity contribution in [1.29, 1.82) is 0 Å². The molecule has 2 heterocycles. The van der Waals surface area contributed by atoms with Gasteiger partial charge in [-0.3, -0.25) is 4.21 Å². The Balaban J connectivity index is 1.80. The van der Waals surface area contributed by atoms with Gasteiger partial charge in [-0.1, -0.05) is 11.6 Å². The Bertz CT molecular complexity index is 1150. The van der Waals surface area contributed by atoms with Gasteiger partial charge in [-0.05, 0) is 24.6 Å². The van der Waals surface area contributed by atoms with Gasteiger partial charge in [0, 0.05) is 32.5 Å². The first-order valence-electron chi connectivity index (χ1n) is 9.63. The van der Waals surface area contributed by atoms with Crippen LogP contribution in [0.4, 0.5) is 19.0 Å². The summed E-state index contributed by atoms with van der Waals surface area (Å²) >= 11 is 6.28. The van der Waals surface area contributed by atoms with Crippen molar-refractivity contribution in [1.82, 2.24) is 9.97 Å². The van der Waals surface area contributed by atoms with Crippen molar-refractivity contribution in [3.8, 4) is 5.75 Å². The number of benzene rings is 1. The van der Waals surface area contributed by atoms with Crippen LogP contribution in [0, 0.1) is 0 Å². The van der Waals surface area contributed by atoms with Gasteiger partial charge >= 0.3 is 6.18 Å². The highest BCUT2D eigenvalue weighted by molar-refractivity contribution is 7.90. The first-order valence-corrected chi connectivity index (χ1v) is 13.1. The summed E-state index contributed by atoms with van der Waals surface area (Å²) in [6, 6.07) is 5.44. The molecule has 14 heteroatoms. The number of anilines is 1. The zero-order valence-corrected chi connectivity index (χ0v) is 20.0. The van der Waals surface area contributed by atoms with E-state index in [2.05, 4.69) is 9.97 Å². The molecule has 0 aliphatic carbocycles. The van der Waals surface area contributed by atoms with Crippen LogP contribution in [0.5, 0.6) is 5.75 Å². The first kappa shape index (κ1) is 25.7. The smallest absolute Gasteiger partial charge is 0.433 e. The Morgan fingerprint density at radius 3 is 2.58 bits per heavy atom. The molecule has 0 saturated carbocycles. The summed E-state index contributed by atoms with van der Waals surface area (Å²) in [7, 11) is -4.10. The Morgan fingerprint density at radius 1 is 1.24 bits per heavy atom. The number of aromatic nitrogens is 2. The number of hydrogen-bond donors (Lipinski definition) is 0. The lowest BCUT2D eigenvalue weighted by atomic mass is 10.3. The molecule has 1 aliphatic rings. The third-order valence-corrected chi connectivity index (χ3v) is 7.81. The standard InChI is InChI=1S/C19H21ClF3N3O5S2/c1-30-7-8-31-12-3-4-15(14(20)9-12)32(27)13-5-6-26(11-13)17-10-16(19(21,22)23)24-18(25-17)33(2,28)29/h3-4,9-10,13H,5-8,11H2,1-2H3. The number of nitrogens with zero attached hydrogens (tertiary/aromatic N) is 3. The lowest BCUT2D eigenvalue weighted by Gasteiger charge is -2.19. The number of sulfone groups is 1. The van der Waals surface area contributed by atoms with E-state index in [0.29, 0.717) is 36.3 Å². The molecule has 1 aromatic heterocycles. The molecule has 0 N–H and O–H groups in total. The Morgan fingerprint density at radius 2 is 1.97 bits per heavy atom. The van der Waals surface area contributed by atoms with E-state index in [-0.39, 0.29) is 23.9 Å². The van der Waals surface area contributed by atoms with Crippen molar-refractivity contribution in [2.24, 2.45) is 0 Å². The van der Waals surface area contributed by atoms with E-state index in [0.717, 1.165) is 6.26 Å². The van der Waals surface area contributed by atoms with Crippen LogP contribution in [0.1, 0.15) is 12.1 Å². The topological polar surface area (TPSA) is 98.7 Å². The minimum atomic E-state index is -4.85. The van der Waals surface area contributed by atoms with Crippen LogP contribution in [0.3, 0.4) is 0 Å². The van der Waals surface area contributed by atoms with Crippen LogP contribution >= 0.6 is 11.6 Å². The van der Waals surface area contributed by atoms with Gasteiger partial charge in [0.25, 0.3) is 0 Å². The van der Waals surface area contributed by atoms with E-state index in [4.69, 9.17) is 21.1 Å². The molecule has 1 aromatic carbocycles. The second-order valence-corrected chi connectivity index (χ2v) is 11.3. The van der Waals surface area contributed by atoms with Gasteiger partial charge in [0.15, 0.2) is 5.69 Å². The van der Waals surface area contributed by atoms with Gasteiger partial charge in [0.05, 0.1) is 32.6 Å². The average Bonchev–Trinajstić information content (AvgIpc) is 3.22. The lowest BCUT2D eigenvalue weighted by molar-refractivity contribution is -0.141. The van der Waals surface area contributed by atoms with Gasteiger partial charge in [0.1, 0.15) is 18.2 Å². The fourth-order valence-electron chi connectivity index (χ4n) is 3.15. The highest BCUT2D eigenvalue weighted by Gasteiger charge is 2.37. The third-order valence-electron chi connectivity index (χ3n) is 4.76. The largest absolute Gasteiger partial charge is 0.491 e. The number of methoxy groups -OCH3 is 1. The van der Waals surface area contributed by atoms with Crippen LogP contribution < -0.4 is 9.64 Å². The molecule has 0 spiro atoms. The highest BCUT2D eigenvalue weighted by atomic mass is 35.5. The minimum Gasteiger partial charge on any atom is -0.491 e. The molecule has 1 fully saturated rings. The molecule has 0 radical (unpaired) electrons. The second kappa shape index (κ2) is 10.1. The molecule has 182 valence electrons. The molecule has 8 nitrogen and oxygen atoms in total. The van der Waals surface area contributed by atoms with E-state index < -0.39 is 42.9 Å². The van der Waals surface area contributed by atoms with E-state index in [1.54, 1.807) is 19.2 Å². The number of alkyl halides is 3. The predicted octanol–water partition coefficient (Wildman–Crippen LogP) is 2.96. The Labute approximate surface area is 196 Å². The molecular formula is C19H21ClF3N3O5S2. The summed E-state index contributed by atoms with van der Waals surface area (Å²) in [5, 5.41) is -1.12. The minimum absolute atomic E-state index is 0.104. The maximum atomic E-state index is 13.2. The first-order chi connectivity index (χ1) is 15.4. The van der Waals surface area contributed by atoms with Crippen molar-refractivity contribution >= 4 is 38.1 Å². The van der Waals surface area contributed by atoms with Crippen molar-refractivity contribution in [2.45, 2.75) is 27.9 Å². The molecule has 33 heavy (non-hydrogen) atoms. The summed E-state index contributed by atoms with van der Waals surface area (Å²) in [5.74, 6) is 0.296. The van der Waals surface area contributed by atoms with Crippen molar-refractivity contribution in [2.75, 3.05) is 44.6 Å². The van der Waals surface area contributed by atoms with E-state index >= 15 is 0 Å². The van der Waals surface area contributed by atoms with Gasteiger partial charge in [-0.2, -0.15) is 13.2 Å². The maximum Gasteiger partial charge on any atom is 0.433 e. The van der Waals surface area contributed by atoms with Crippen molar-refractivity contribution in [3.05, 3.63) is 35.0 Å². The molecule has 0 amide bonds. The zero-order chi connectivity index (χ0) is 24.4. The molecule has 1 aliphatic heterocycles. The third kappa shape index (κ3) is 6.34. The number of hydrogen-bond acceptors (Lipinski definition) is 8. The summed E-state index contributed by atoms with van der Waals surface area (Å²) < 4.78 is 86.8. The van der Waals surface area contributed by atoms with Crippen LogP contribution in [-0.4, -0.2) is 67.5 Å². The fourth-order valence-corrected chi connectivity index (χ4v) is 5.52. The van der Waals surface area contributed by atoms with Crippen molar-refractivity contribution in [3.63, 3.8) is 0 Å². The van der Waals surface area contributed by atoms with E-state index in [1.807, 2.05) is 0 Å². The highest BCUT2D eigenvalue weighted by Crippen LogP contribution is 2.33. The van der Waals surface area contributed by atoms with Crippen molar-refractivity contribution < 1.29 is 35.3 Å². The monoisotopic (exact) mass is 527 g/mol. The van der Waals surface area contributed by atoms with Crippen LogP contribution in [0.25, 0.3) is 0 Å². The molecule has 3 rings (SSSR count). The number of ether oxygens (including phenoxy) is 2. The fraction of sp³-hybridized carbons (Fsp3) is 0.474. The summed E-state index contributed by atoms with van der Waals surface area (Å²) in [6.07, 6.45) is -3.73. The summed E-state index contributed by atoms with van der Waals surface area (Å²) in [4.78, 5) is 8.79. The van der Waals surface area contributed by atoms with E-state index in [1.165, 1.54) is 11.0 Å². The van der Waals surface area contributed by atoms with Gasteiger partial charge in [0.2, 0.25) is 15.0 Å². The molecule has 1 saturated heterocycles. The zero-order valence-electron chi connectivity index (χ0n) is 17.6. The van der Waals surface area contributed by atoms with Crippen LogP contribution in [0.15, 0.2) is 34.3 Å². The molecular weight excluding hydrogens is 507 g/mol. The summed E-state index contributed by atoms with van der Waals surface area (Å²) in [6.45, 7) is 1.06. The molecule has 0 bridgehead atoms. The summed E-state index contributed by atoms with van der Waals surface area (Å²) in [5.41, 5.74) is -1.36. The van der Waals surface area contributed by atoms with Gasteiger partial charge in [-0.25, -0.2) is 18.4 Å². The SMILES string of the molecule is COCCOc1ccc(S(=O)C2CCN(c3cc(C(F)(F)F)nc(S(C)(=O)=O)n3)C2)c(Cl)c1. The van der Waals surface area contributed by atoms with E-state index in [9.17, 15) is 25.8 Å². The molecule has 2 unspecified atom stereocenters. The molecule has 2 aromatic rings.